The van der Waals surface area contributed by atoms with Gasteiger partial charge in [0, 0.05) is 12.7 Å². The van der Waals surface area contributed by atoms with Gasteiger partial charge in [0.1, 0.15) is 29.1 Å². The first-order valence-corrected chi connectivity index (χ1v) is 7.64. The maximum absolute atomic E-state index is 13.9. The first-order chi connectivity index (χ1) is 12.4. The molecule has 7 nitrogen and oxygen atoms in total. The summed E-state index contributed by atoms with van der Waals surface area (Å²) in [5.41, 5.74) is -0.597. The van der Waals surface area contributed by atoms with Gasteiger partial charge in [0.25, 0.3) is 5.91 Å². The molecule has 0 saturated carbocycles. The van der Waals surface area contributed by atoms with Gasteiger partial charge in [0.05, 0.1) is 5.56 Å². The van der Waals surface area contributed by atoms with Crippen molar-refractivity contribution in [2.45, 2.75) is 12.5 Å². The second kappa shape index (κ2) is 6.87. The van der Waals surface area contributed by atoms with Gasteiger partial charge >= 0.3 is 5.97 Å². The molecule has 1 fully saturated rings. The van der Waals surface area contributed by atoms with Crippen molar-refractivity contribution in [1.29, 1.82) is 0 Å². The molecule has 1 aliphatic heterocycles. The number of aromatic carboxylic acids is 1. The summed E-state index contributed by atoms with van der Waals surface area (Å²) in [7, 11) is 0. The van der Waals surface area contributed by atoms with Crippen LogP contribution in [0.1, 0.15) is 27.3 Å². The summed E-state index contributed by atoms with van der Waals surface area (Å²) in [4.78, 5) is 39.9. The highest BCUT2D eigenvalue weighted by Gasteiger charge is 2.36. The van der Waals surface area contributed by atoms with Gasteiger partial charge in [-0.15, -0.1) is 0 Å². The van der Waals surface area contributed by atoms with Crippen LogP contribution in [0.4, 0.5) is 14.5 Å². The Kier molecular flexibility index (Phi) is 4.61. The number of para-hydroxylation sites is 1. The van der Waals surface area contributed by atoms with Crippen molar-refractivity contribution < 1.29 is 28.3 Å². The molecular formula is C17H13F2N3O4. The highest BCUT2D eigenvalue weighted by atomic mass is 19.1. The fourth-order valence-corrected chi connectivity index (χ4v) is 2.68. The van der Waals surface area contributed by atoms with E-state index in [1.54, 1.807) is 0 Å². The van der Waals surface area contributed by atoms with E-state index in [4.69, 9.17) is 5.11 Å². The van der Waals surface area contributed by atoms with E-state index in [0.717, 1.165) is 29.3 Å². The number of carbonyl (C=O) groups is 3. The lowest BCUT2D eigenvalue weighted by Gasteiger charge is -2.18. The van der Waals surface area contributed by atoms with Gasteiger partial charge in [-0.2, -0.15) is 0 Å². The van der Waals surface area contributed by atoms with Crippen molar-refractivity contribution in [2.24, 2.45) is 0 Å². The molecule has 134 valence electrons. The Labute approximate surface area is 146 Å². The number of hydrogen-bond acceptors (Lipinski definition) is 4. The van der Waals surface area contributed by atoms with Crippen molar-refractivity contribution in [3.63, 3.8) is 0 Å². The van der Waals surface area contributed by atoms with Crippen molar-refractivity contribution in [3.8, 4) is 0 Å². The fraction of sp³-hybridized carbons (Fsp3) is 0.176. The number of carbonyl (C=O) groups excluding carboxylic acids is 2. The molecule has 1 aliphatic rings. The van der Waals surface area contributed by atoms with Crippen molar-refractivity contribution in [1.82, 2.24) is 10.3 Å². The summed E-state index contributed by atoms with van der Waals surface area (Å²) >= 11 is 0. The molecule has 26 heavy (non-hydrogen) atoms. The van der Waals surface area contributed by atoms with Crippen molar-refractivity contribution in [2.75, 3.05) is 11.4 Å². The number of amides is 2. The van der Waals surface area contributed by atoms with Crippen LogP contribution in [0, 0.1) is 11.6 Å². The van der Waals surface area contributed by atoms with E-state index < -0.39 is 41.1 Å². The third-order valence-electron chi connectivity index (χ3n) is 3.96. The number of hydrogen-bond donors (Lipinski definition) is 2. The summed E-state index contributed by atoms with van der Waals surface area (Å²) < 4.78 is 27.7. The Hall–Kier alpha value is -3.36. The highest BCUT2D eigenvalue weighted by molar-refractivity contribution is 6.04. The molecule has 0 bridgehead atoms. The van der Waals surface area contributed by atoms with Crippen LogP contribution in [0.25, 0.3) is 0 Å². The SMILES string of the molecule is O=C(N[C@H]1CCN(c2c(F)cccc2F)C1=O)c1ccc(C(=O)O)nc1. The molecule has 0 aliphatic carbocycles. The van der Waals surface area contributed by atoms with Gasteiger partial charge in [0.15, 0.2) is 0 Å². The van der Waals surface area contributed by atoms with Crippen LogP contribution in [0.2, 0.25) is 0 Å². The molecule has 1 aromatic heterocycles. The Bertz CT molecular complexity index is 866. The van der Waals surface area contributed by atoms with Crippen molar-refractivity contribution in [3.05, 3.63) is 59.4 Å². The van der Waals surface area contributed by atoms with E-state index in [1.165, 1.54) is 12.1 Å². The van der Waals surface area contributed by atoms with Gasteiger partial charge in [-0.1, -0.05) is 6.07 Å². The Morgan fingerprint density at radius 1 is 1.19 bits per heavy atom. The van der Waals surface area contributed by atoms with E-state index in [2.05, 4.69) is 10.3 Å². The molecule has 2 amide bonds. The minimum atomic E-state index is -1.23. The van der Waals surface area contributed by atoms with Gasteiger partial charge in [-0.3, -0.25) is 9.59 Å². The largest absolute Gasteiger partial charge is 0.477 e. The smallest absolute Gasteiger partial charge is 0.354 e. The van der Waals surface area contributed by atoms with Crippen molar-refractivity contribution >= 4 is 23.5 Å². The first kappa shape index (κ1) is 17.5. The average Bonchev–Trinajstić information content (AvgIpc) is 2.95. The van der Waals surface area contributed by atoms with E-state index in [1.807, 2.05) is 0 Å². The number of benzene rings is 1. The number of carboxylic acids is 1. The Morgan fingerprint density at radius 2 is 1.88 bits per heavy atom. The number of nitrogens with zero attached hydrogens (tertiary/aromatic N) is 2. The standard InChI is InChI=1S/C17H13F2N3O4/c18-10-2-1-3-11(19)14(10)22-7-6-12(16(22)24)21-15(23)9-4-5-13(17(25)26)20-8-9/h1-5,8,12H,6-7H2,(H,21,23)(H,25,26)/t12-/m0/s1. The maximum atomic E-state index is 13.9. The quantitative estimate of drug-likeness (QED) is 0.862. The molecule has 1 aromatic carbocycles. The molecule has 1 atom stereocenters. The number of anilines is 1. The highest BCUT2D eigenvalue weighted by Crippen LogP contribution is 2.27. The number of carboxylic acid groups (broad SMARTS) is 1. The predicted octanol–water partition coefficient (Wildman–Crippen LogP) is 1.59. The molecule has 2 N–H and O–H groups in total. The number of nitrogens with one attached hydrogen (secondary N) is 1. The Morgan fingerprint density at radius 3 is 2.46 bits per heavy atom. The molecule has 0 spiro atoms. The third kappa shape index (κ3) is 3.23. The normalized spacial score (nSPS) is 16.6. The predicted molar refractivity (Wildman–Crippen MR) is 85.8 cm³/mol. The fourth-order valence-electron chi connectivity index (χ4n) is 2.68. The van der Waals surface area contributed by atoms with Crippen LogP contribution in [0.15, 0.2) is 36.5 Å². The number of halogens is 2. The van der Waals surface area contributed by atoms with E-state index >= 15 is 0 Å². The summed E-state index contributed by atoms with van der Waals surface area (Å²) in [5, 5.41) is 11.3. The van der Waals surface area contributed by atoms with E-state index in [0.29, 0.717) is 0 Å². The minimum Gasteiger partial charge on any atom is -0.477 e. The molecule has 2 heterocycles. The average molecular weight is 361 g/mol. The van der Waals surface area contributed by atoms with Crippen LogP contribution < -0.4 is 10.2 Å². The number of rotatable bonds is 4. The zero-order chi connectivity index (χ0) is 18.8. The summed E-state index contributed by atoms with van der Waals surface area (Å²) in [6.45, 7) is 0.0534. The summed E-state index contributed by atoms with van der Waals surface area (Å²) in [6, 6.07) is 4.77. The van der Waals surface area contributed by atoms with Gasteiger partial charge < -0.3 is 15.3 Å². The Balaban J connectivity index is 1.72. The minimum absolute atomic E-state index is 0.0534. The lowest BCUT2D eigenvalue weighted by molar-refractivity contribution is -0.118. The first-order valence-electron chi connectivity index (χ1n) is 7.64. The summed E-state index contributed by atoms with van der Waals surface area (Å²) in [5.74, 6) is -4.22. The van der Waals surface area contributed by atoms with Gasteiger partial charge in [-0.25, -0.2) is 18.6 Å². The molecule has 3 rings (SSSR count). The maximum Gasteiger partial charge on any atom is 0.354 e. The lowest BCUT2D eigenvalue weighted by Crippen LogP contribution is -2.42. The monoisotopic (exact) mass is 361 g/mol. The van der Waals surface area contributed by atoms with Crippen LogP contribution >= 0.6 is 0 Å². The number of aromatic nitrogens is 1. The van der Waals surface area contributed by atoms with E-state index in [-0.39, 0.29) is 24.2 Å². The second-order valence-corrected chi connectivity index (χ2v) is 5.61. The lowest BCUT2D eigenvalue weighted by atomic mass is 10.2. The van der Waals surface area contributed by atoms with Crippen LogP contribution in [-0.2, 0) is 4.79 Å². The van der Waals surface area contributed by atoms with Gasteiger partial charge in [0.2, 0.25) is 5.91 Å². The molecule has 1 saturated heterocycles. The molecular weight excluding hydrogens is 348 g/mol. The molecule has 0 radical (unpaired) electrons. The van der Waals surface area contributed by atoms with Crippen LogP contribution in [0.5, 0.6) is 0 Å². The molecule has 2 aromatic rings. The van der Waals surface area contributed by atoms with Crippen LogP contribution in [-0.4, -0.2) is 40.5 Å². The van der Waals surface area contributed by atoms with Gasteiger partial charge in [-0.05, 0) is 30.7 Å². The van der Waals surface area contributed by atoms with E-state index in [9.17, 15) is 23.2 Å². The second-order valence-electron chi connectivity index (χ2n) is 5.61. The topological polar surface area (TPSA) is 99.6 Å². The zero-order valence-electron chi connectivity index (χ0n) is 13.3. The summed E-state index contributed by atoms with van der Waals surface area (Å²) in [6.07, 6.45) is 1.26. The molecule has 0 unspecified atom stereocenters. The van der Waals surface area contributed by atoms with Crippen LogP contribution in [0.3, 0.4) is 0 Å². The molecule has 9 heteroatoms. The third-order valence-corrected chi connectivity index (χ3v) is 3.96. The number of pyridine rings is 1. The zero-order valence-corrected chi connectivity index (χ0v) is 13.3.